The summed E-state index contributed by atoms with van der Waals surface area (Å²) in [6, 6.07) is 1.38. The van der Waals surface area contributed by atoms with Crippen LogP contribution in [0.15, 0.2) is 17.1 Å². The van der Waals surface area contributed by atoms with Gasteiger partial charge in [-0.25, -0.2) is 0 Å². The van der Waals surface area contributed by atoms with E-state index in [1.165, 1.54) is 25.7 Å². The number of rotatable bonds is 4. The smallest absolute Gasteiger partial charge is 0.193 e. The highest BCUT2D eigenvalue weighted by Gasteiger charge is 2.38. The van der Waals surface area contributed by atoms with Crippen LogP contribution in [-0.4, -0.2) is 61.1 Å². The first-order valence-electron chi connectivity index (χ1n) is 8.19. The maximum atomic E-state index is 4.50. The summed E-state index contributed by atoms with van der Waals surface area (Å²) >= 11 is 0. The minimum atomic E-state index is 0.682. The van der Waals surface area contributed by atoms with Gasteiger partial charge >= 0.3 is 0 Å². The van der Waals surface area contributed by atoms with E-state index in [1.807, 2.05) is 7.05 Å². The third-order valence-electron chi connectivity index (χ3n) is 4.93. The first-order valence-corrected chi connectivity index (χ1v) is 8.19. The summed E-state index contributed by atoms with van der Waals surface area (Å²) in [4.78, 5) is 9.53. The molecule has 2 fully saturated rings. The molecular formula is C16H28N4. The zero-order valence-corrected chi connectivity index (χ0v) is 12.9. The highest BCUT2D eigenvalue weighted by molar-refractivity contribution is 5.80. The van der Waals surface area contributed by atoms with Crippen LogP contribution in [0.5, 0.6) is 0 Å². The molecule has 112 valence electrons. The summed E-state index contributed by atoms with van der Waals surface area (Å²) in [6.45, 7) is 6.81. The third kappa shape index (κ3) is 3.00. The minimum absolute atomic E-state index is 0.682. The van der Waals surface area contributed by atoms with Gasteiger partial charge in [0.2, 0.25) is 0 Å². The van der Waals surface area contributed by atoms with Crippen molar-refractivity contribution in [1.82, 2.24) is 15.1 Å². The quantitative estimate of drug-likeness (QED) is 0.482. The Morgan fingerprint density at radius 1 is 1.35 bits per heavy atom. The van der Waals surface area contributed by atoms with Crippen molar-refractivity contribution >= 4 is 5.96 Å². The molecule has 0 aromatic carbocycles. The van der Waals surface area contributed by atoms with E-state index in [0.717, 1.165) is 38.1 Å². The highest BCUT2D eigenvalue weighted by Crippen LogP contribution is 2.34. The fourth-order valence-corrected chi connectivity index (χ4v) is 3.60. The summed E-state index contributed by atoms with van der Waals surface area (Å²) < 4.78 is 0. The zero-order valence-electron chi connectivity index (χ0n) is 12.9. The number of aliphatic imine (C=N–C) groups is 1. The molecule has 3 atom stereocenters. The van der Waals surface area contributed by atoms with E-state index in [1.54, 1.807) is 0 Å². The largest absolute Gasteiger partial charge is 0.353 e. The van der Waals surface area contributed by atoms with Crippen molar-refractivity contribution in [2.24, 2.45) is 10.9 Å². The van der Waals surface area contributed by atoms with Gasteiger partial charge in [0.05, 0.1) is 0 Å². The standard InChI is InChI=1S/C16H28N4/c1-3-6-13-11-15(13)18-16(17-2)20-10-7-14(12-20)19-8-4-5-9-19/h4-5,13-15H,3,6-12H2,1-2H3,(H,17,18). The molecule has 2 aliphatic heterocycles. The molecule has 1 aliphatic carbocycles. The Kier molecular flexibility index (Phi) is 4.29. The Bertz CT molecular complexity index is 382. The van der Waals surface area contributed by atoms with Gasteiger partial charge in [-0.1, -0.05) is 25.5 Å². The number of hydrogen-bond donors (Lipinski definition) is 1. The number of likely N-dealkylation sites (tertiary alicyclic amines) is 1. The molecule has 3 unspecified atom stereocenters. The molecule has 0 amide bonds. The number of hydrogen-bond acceptors (Lipinski definition) is 2. The SMILES string of the molecule is CCCC1CC1NC(=NC)N1CCC(N2CC=CC2)C1. The molecule has 0 bridgehead atoms. The highest BCUT2D eigenvalue weighted by atomic mass is 15.3. The third-order valence-corrected chi connectivity index (χ3v) is 4.93. The first-order chi connectivity index (χ1) is 9.81. The number of nitrogens with zero attached hydrogens (tertiary/aromatic N) is 3. The molecule has 3 aliphatic rings. The average molecular weight is 276 g/mol. The molecular weight excluding hydrogens is 248 g/mol. The van der Waals surface area contributed by atoms with Crippen molar-refractivity contribution in [2.75, 3.05) is 33.2 Å². The van der Waals surface area contributed by atoms with E-state index >= 15 is 0 Å². The second-order valence-corrected chi connectivity index (χ2v) is 6.40. The van der Waals surface area contributed by atoms with Crippen LogP contribution in [0.2, 0.25) is 0 Å². The Morgan fingerprint density at radius 2 is 2.15 bits per heavy atom. The summed E-state index contributed by atoms with van der Waals surface area (Å²) in [6.07, 6.45) is 9.84. The van der Waals surface area contributed by atoms with Crippen LogP contribution in [0.25, 0.3) is 0 Å². The van der Waals surface area contributed by atoms with Gasteiger partial charge < -0.3 is 10.2 Å². The van der Waals surface area contributed by atoms with Crippen molar-refractivity contribution in [1.29, 1.82) is 0 Å². The lowest BCUT2D eigenvalue weighted by Gasteiger charge is -2.25. The van der Waals surface area contributed by atoms with Gasteiger partial charge in [-0.05, 0) is 25.2 Å². The van der Waals surface area contributed by atoms with Gasteiger partial charge in [-0.15, -0.1) is 0 Å². The van der Waals surface area contributed by atoms with Crippen LogP contribution < -0.4 is 5.32 Å². The second-order valence-electron chi connectivity index (χ2n) is 6.40. The fraction of sp³-hybridized carbons (Fsp3) is 0.812. The Balaban J connectivity index is 1.48. The average Bonchev–Trinajstić information content (AvgIpc) is 2.92. The molecule has 4 heteroatoms. The van der Waals surface area contributed by atoms with Gasteiger partial charge in [-0.2, -0.15) is 0 Å². The van der Waals surface area contributed by atoms with Crippen molar-refractivity contribution in [3.8, 4) is 0 Å². The molecule has 3 rings (SSSR count). The predicted molar refractivity (Wildman–Crippen MR) is 84.0 cm³/mol. The van der Waals surface area contributed by atoms with Crippen molar-refractivity contribution in [3.63, 3.8) is 0 Å². The van der Waals surface area contributed by atoms with Crippen LogP contribution in [0.1, 0.15) is 32.6 Å². The molecule has 4 nitrogen and oxygen atoms in total. The van der Waals surface area contributed by atoms with E-state index in [2.05, 4.69) is 39.2 Å². The second kappa shape index (κ2) is 6.17. The Labute approximate surface area is 122 Å². The van der Waals surface area contributed by atoms with Crippen LogP contribution >= 0.6 is 0 Å². The molecule has 0 spiro atoms. The van der Waals surface area contributed by atoms with Gasteiger partial charge in [0.1, 0.15) is 0 Å². The van der Waals surface area contributed by atoms with Crippen molar-refractivity contribution < 1.29 is 0 Å². The molecule has 20 heavy (non-hydrogen) atoms. The van der Waals surface area contributed by atoms with Gasteiger partial charge in [0.25, 0.3) is 0 Å². The van der Waals surface area contributed by atoms with Gasteiger partial charge in [0, 0.05) is 45.3 Å². The lowest BCUT2D eigenvalue weighted by Crippen LogP contribution is -2.43. The normalized spacial score (nSPS) is 34.0. The Morgan fingerprint density at radius 3 is 2.85 bits per heavy atom. The molecule has 1 saturated carbocycles. The summed E-state index contributed by atoms with van der Waals surface area (Å²) in [5, 5.41) is 3.67. The van der Waals surface area contributed by atoms with E-state index in [9.17, 15) is 0 Å². The first kappa shape index (κ1) is 13.9. The lowest BCUT2D eigenvalue weighted by atomic mass is 10.2. The van der Waals surface area contributed by atoms with E-state index in [0.29, 0.717) is 12.1 Å². The van der Waals surface area contributed by atoms with Gasteiger partial charge in [0.15, 0.2) is 5.96 Å². The summed E-state index contributed by atoms with van der Waals surface area (Å²) in [7, 11) is 1.92. The molecule has 0 aromatic rings. The summed E-state index contributed by atoms with van der Waals surface area (Å²) in [5.41, 5.74) is 0. The number of nitrogens with one attached hydrogen (secondary N) is 1. The monoisotopic (exact) mass is 276 g/mol. The van der Waals surface area contributed by atoms with E-state index < -0.39 is 0 Å². The van der Waals surface area contributed by atoms with E-state index in [4.69, 9.17) is 0 Å². The van der Waals surface area contributed by atoms with Crippen molar-refractivity contribution in [3.05, 3.63) is 12.2 Å². The molecule has 1 saturated heterocycles. The minimum Gasteiger partial charge on any atom is -0.353 e. The maximum absolute atomic E-state index is 4.50. The topological polar surface area (TPSA) is 30.9 Å². The van der Waals surface area contributed by atoms with Crippen LogP contribution in [-0.2, 0) is 0 Å². The molecule has 0 radical (unpaired) electrons. The lowest BCUT2D eigenvalue weighted by molar-refractivity contribution is 0.259. The van der Waals surface area contributed by atoms with Crippen LogP contribution in [0, 0.1) is 5.92 Å². The zero-order chi connectivity index (χ0) is 13.9. The molecule has 1 N–H and O–H groups in total. The molecule has 2 heterocycles. The van der Waals surface area contributed by atoms with Crippen LogP contribution in [0.4, 0.5) is 0 Å². The maximum Gasteiger partial charge on any atom is 0.193 e. The van der Waals surface area contributed by atoms with Crippen LogP contribution in [0.3, 0.4) is 0 Å². The predicted octanol–water partition coefficient (Wildman–Crippen LogP) is 1.70. The number of guanidine groups is 1. The molecule has 0 aromatic heterocycles. The fourth-order valence-electron chi connectivity index (χ4n) is 3.60. The summed E-state index contributed by atoms with van der Waals surface area (Å²) in [5.74, 6) is 2.01. The van der Waals surface area contributed by atoms with Gasteiger partial charge in [-0.3, -0.25) is 9.89 Å². The Hall–Kier alpha value is -1.03. The van der Waals surface area contributed by atoms with E-state index in [-0.39, 0.29) is 0 Å². The van der Waals surface area contributed by atoms with Crippen molar-refractivity contribution in [2.45, 2.75) is 44.7 Å².